The quantitative estimate of drug-likeness (QED) is 0.844. The number of para-hydroxylation sites is 2. The molecule has 5 heteroatoms. The summed E-state index contributed by atoms with van der Waals surface area (Å²) in [6, 6.07) is 7.42. The molecule has 100 valence electrons. The monoisotopic (exact) mass is 259 g/mol. The first kappa shape index (κ1) is 13.1. The minimum atomic E-state index is -0.559. The number of nitrogens with two attached hydrogens (primary N) is 1. The van der Waals surface area contributed by atoms with E-state index in [1.165, 1.54) is 4.90 Å². The number of ether oxygens (including phenoxy) is 1. The molecule has 0 atom stereocenters. The molecule has 0 fully saturated rings. The molecule has 0 aliphatic carbocycles. The number of amides is 1. The van der Waals surface area contributed by atoms with Crippen LogP contribution in [-0.4, -0.2) is 24.8 Å². The normalized spacial score (nSPS) is 18.9. The van der Waals surface area contributed by atoms with Gasteiger partial charge in [-0.15, -0.1) is 0 Å². The van der Waals surface area contributed by atoms with E-state index in [2.05, 4.69) is 4.99 Å². The van der Waals surface area contributed by atoms with Crippen LogP contribution in [0.1, 0.15) is 13.8 Å². The molecular weight excluding hydrogens is 242 g/mol. The Morgan fingerprint density at radius 3 is 2.63 bits per heavy atom. The first-order chi connectivity index (χ1) is 8.94. The SMILES string of the molecule is CN(C=O)c1ccccc1N=C1C=C(N)OC1(C)C. The summed E-state index contributed by atoms with van der Waals surface area (Å²) in [6.07, 6.45) is 2.46. The molecule has 1 heterocycles. The predicted octanol–water partition coefficient (Wildman–Crippen LogP) is 1.96. The minimum Gasteiger partial charge on any atom is -0.467 e. The van der Waals surface area contributed by atoms with Gasteiger partial charge in [0.2, 0.25) is 6.41 Å². The Kier molecular flexibility index (Phi) is 3.29. The Bertz CT molecular complexity index is 562. The summed E-state index contributed by atoms with van der Waals surface area (Å²) in [5.74, 6) is 0.352. The molecule has 2 rings (SSSR count). The molecule has 1 aliphatic heterocycles. The lowest BCUT2D eigenvalue weighted by atomic mass is 10.0. The smallest absolute Gasteiger partial charge is 0.213 e. The highest BCUT2D eigenvalue weighted by Crippen LogP contribution is 2.31. The Morgan fingerprint density at radius 2 is 2.05 bits per heavy atom. The van der Waals surface area contributed by atoms with Crippen molar-refractivity contribution in [2.45, 2.75) is 19.4 Å². The van der Waals surface area contributed by atoms with Crippen molar-refractivity contribution in [3.8, 4) is 0 Å². The summed E-state index contributed by atoms with van der Waals surface area (Å²) >= 11 is 0. The lowest BCUT2D eigenvalue weighted by Gasteiger charge is -2.20. The van der Waals surface area contributed by atoms with Crippen LogP contribution in [0.15, 0.2) is 41.2 Å². The summed E-state index contributed by atoms with van der Waals surface area (Å²) in [7, 11) is 1.69. The summed E-state index contributed by atoms with van der Waals surface area (Å²) < 4.78 is 5.49. The molecule has 2 N–H and O–H groups in total. The largest absolute Gasteiger partial charge is 0.467 e. The van der Waals surface area contributed by atoms with Crippen LogP contribution in [0.3, 0.4) is 0 Å². The number of anilines is 1. The third-order valence-electron chi connectivity index (χ3n) is 2.93. The van der Waals surface area contributed by atoms with Crippen LogP contribution in [0.4, 0.5) is 11.4 Å². The van der Waals surface area contributed by atoms with Crippen LogP contribution in [0.5, 0.6) is 0 Å². The van der Waals surface area contributed by atoms with E-state index in [0.29, 0.717) is 11.6 Å². The molecule has 1 aromatic rings. The fourth-order valence-corrected chi connectivity index (χ4v) is 1.90. The van der Waals surface area contributed by atoms with Gasteiger partial charge in [-0.1, -0.05) is 12.1 Å². The lowest BCUT2D eigenvalue weighted by Crippen LogP contribution is -2.28. The second-order valence-corrected chi connectivity index (χ2v) is 4.86. The highest BCUT2D eigenvalue weighted by Gasteiger charge is 2.32. The van der Waals surface area contributed by atoms with E-state index in [9.17, 15) is 4.79 Å². The van der Waals surface area contributed by atoms with Crippen molar-refractivity contribution in [2.75, 3.05) is 11.9 Å². The molecule has 0 aromatic heterocycles. The Balaban J connectivity index is 2.46. The van der Waals surface area contributed by atoms with Gasteiger partial charge < -0.3 is 15.4 Å². The van der Waals surface area contributed by atoms with Gasteiger partial charge >= 0.3 is 0 Å². The Labute approximate surface area is 112 Å². The highest BCUT2D eigenvalue weighted by atomic mass is 16.5. The van der Waals surface area contributed by atoms with E-state index in [1.807, 2.05) is 38.1 Å². The highest BCUT2D eigenvalue weighted by molar-refractivity contribution is 6.05. The van der Waals surface area contributed by atoms with E-state index in [4.69, 9.17) is 10.5 Å². The average Bonchev–Trinajstić information content (AvgIpc) is 2.62. The fourth-order valence-electron chi connectivity index (χ4n) is 1.90. The molecule has 19 heavy (non-hydrogen) atoms. The van der Waals surface area contributed by atoms with E-state index < -0.39 is 5.60 Å². The summed E-state index contributed by atoms with van der Waals surface area (Å²) in [5.41, 5.74) is 7.28. The van der Waals surface area contributed by atoms with Crippen molar-refractivity contribution in [1.82, 2.24) is 0 Å². The summed E-state index contributed by atoms with van der Waals surface area (Å²) in [5, 5.41) is 0. The number of rotatable bonds is 3. The molecule has 1 aliphatic rings. The number of hydrogen-bond donors (Lipinski definition) is 1. The van der Waals surface area contributed by atoms with Crippen LogP contribution < -0.4 is 10.6 Å². The zero-order valence-corrected chi connectivity index (χ0v) is 11.3. The molecule has 1 amide bonds. The van der Waals surface area contributed by atoms with Crippen molar-refractivity contribution in [3.63, 3.8) is 0 Å². The third-order valence-corrected chi connectivity index (χ3v) is 2.93. The zero-order chi connectivity index (χ0) is 14.0. The second kappa shape index (κ2) is 4.76. The Hall–Kier alpha value is -2.30. The molecule has 0 bridgehead atoms. The molecular formula is C14H17N3O2. The van der Waals surface area contributed by atoms with Gasteiger partial charge in [0.25, 0.3) is 0 Å². The minimum absolute atomic E-state index is 0.352. The number of hydrogen-bond acceptors (Lipinski definition) is 4. The zero-order valence-electron chi connectivity index (χ0n) is 11.3. The molecule has 0 saturated carbocycles. The molecule has 0 unspecified atom stereocenters. The molecule has 1 aromatic carbocycles. The van der Waals surface area contributed by atoms with E-state index in [-0.39, 0.29) is 0 Å². The number of nitrogens with zero attached hydrogens (tertiary/aromatic N) is 2. The van der Waals surface area contributed by atoms with Gasteiger partial charge in [-0.05, 0) is 26.0 Å². The van der Waals surface area contributed by atoms with Crippen LogP contribution in [0.25, 0.3) is 0 Å². The molecule has 0 spiro atoms. The number of benzene rings is 1. The van der Waals surface area contributed by atoms with Crippen molar-refractivity contribution in [3.05, 3.63) is 36.2 Å². The van der Waals surface area contributed by atoms with Crippen LogP contribution in [0.2, 0.25) is 0 Å². The molecule has 5 nitrogen and oxygen atoms in total. The van der Waals surface area contributed by atoms with Crippen LogP contribution in [0, 0.1) is 0 Å². The summed E-state index contributed by atoms with van der Waals surface area (Å²) in [4.78, 5) is 16.9. The fraction of sp³-hybridized carbons (Fsp3) is 0.286. The maximum absolute atomic E-state index is 10.9. The topological polar surface area (TPSA) is 67.9 Å². The standard InChI is InChI=1S/C14H17N3O2/c1-14(2)12(8-13(15)19-14)16-10-6-4-5-7-11(10)17(3)9-18/h4-9H,15H2,1-3H3. The van der Waals surface area contributed by atoms with Gasteiger partial charge in [0.1, 0.15) is 5.60 Å². The van der Waals surface area contributed by atoms with Gasteiger partial charge in [0.15, 0.2) is 5.88 Å². The van der Waals surface area contributed by atoms with Crippen molar-refractivity contribution in [1.29, 1.82) is 0 Å². The first-order valence-corrected chi connectivity index (χ1v) is 5.96. The predicted molar refractivity (Wildman–Crippen MR) is 75.4 cm³/mol. The Morgan fingerprint density at radius 1 is 1.37 bits per heavy atom. The van der Waals surface area contributed by atoms with E-state index in [1.54, 1.807) is 13.1 Å². The van der Waals surface area contributed by atoms with Gasteiger partial charge in [0, 0.05) is 13.1 Å². The van der Waals surface area contributed by atoms with Crippen molar-refractivity contribution in [2.24, 2.45) is 10.7 Å². The van der Waals surface area contributed by atoms with Crippen LogP contribution in [-0.2, 0) is 9.53 Å². The maximum atomic E-state index is 10.9. The van der Waals surface area contributed by atoms with Crippen LogP contribution >= 0.6 is 0 Å². The number of carbonyl (C=O) groups excluding carboxylic acids is 1. The van der Waals surface area contributed by atoms with Crippen molar-refractivity contribution < 1.29 is 9.53 Å². The average molecular weight is 259 g/mol. The van der Waals surface area contributed by atoms with E-state index >= 15 is 0 Å². The van der Waals surface area contributed by atoms with Gasteiger partial charge in [-0.3, -0.25) is 4.79 Å². The van der Waals surface area contributed by atoms with Gasteiger partial charge in [-0.25, -0.2) is 4.99 Å². The van der Waals surface area contributed by atoms with Gasteiger partial charge in [-0.2, -0.15) is 0 Å². The number of aliphatic imine (C=N–C) groups is 1. The van der Waals surface area contributed by atoms with Crippen molar-refractivity contribution >= 4 is 23.5 Å². The first-order valence-electron chi connectivity index (χ1n) is 5.96. The molecule has 0 radical (unpaired) electrons. The second-order valence-electron chi connectivity index (χ2n) is 4.86. The summed E-state index contributed by atoms with van der Waals surface area (Å²) in [6.45, 7) is 3.79. The third kappa shape index (κ3) is 2.59. The maximum Gasteiger partial charge on any atom is 0.213 e. The number of carbonyl (C=O) groups is 1. The van der Waals surface area contributed by atoms with Gasteiger partial charge in [0.05, 0.1) is 17.1 Å². The molecule has 0 saturated heterocycles. The lowest BCUT2D eigenvalue weighted by molar-refractivity contribution is -0.107. The van der Waals surface area contributed by atoms with E-state index in [0.717, 1.165) is 17.8 Å².